The SMILES string of the molecule is CCOc1ccc(NC(=O)C(=O)Nc2ccc(C(=O)OC)cc2)cc1OCC. The van der Waals surface area contributed by atoms with E-state index in [1.165, 1.54) is 31.4 Å². The van der Waals surface area contributed by atoms with E-state index in [-0.39, 0.29) is 0 Å². The van der Waals surface area contributed by atoms with Crippen LogP contribution in [-0.2, 0) is 14.3 Å². The Balaban J connectivity index is 2.02. The molecule has 8 nitrogen and oxygen atoms in total. The fourth-order valence-electron chi connectivity index (χ4n) is 2.31. The molecule has 2 amide bonds. The van der Waals surface area contributed by atoms with Crippen molar-refractivity contribution in [3.8, 4) is 11.5 Å². The van der Waals surface area contributed by atoms with Crippen molar-refractivity contribution >= 4 is 29.2 Å². The van der Waals surface area contributed by atoms with Crippen molar-refractivity contribution in [2.75, 3.05) is 31.0 Å². The van der Waals surface area contributed by atoms with Gasteiger partial charge >= 0.3 is 17.8 Å². The van der Waals surface area contributed by atoms with E-state index >= 15 is 0 Å². The Bertz CT molecular complexity index is 848. The van der Waals surface area contributed by atoms with Gasteiger partial charge in [-0.25, -0.2) is 4.79 Å². The standard InChI is InChI=1S/C20H22N2O6/c1-4-27-16-11-10-15(12-17(16)28-5-2)22-19(24)18(23)21-14-8-6-13(7-9-14)20(25)26-3/h6-12H,4-5H2,1-3H3,(H,21,23)(H,22,24). The van der Waals surface area contributed by atoms with Crippen molar-refractivity contribution in [3.05, 3.63) is 48.0 Å². The predicted molar refractivity (Wildman–Crippen MR) is 104 cm³/mol. The average Bonchev–Trinajstić information content (AvgIpc) is 2.70. The Kier molecular flexibility index (Phi) is 7.38. The molecule has 8 heteroatoms. The monoisotopic (exact) mass is 386 g/mol. The summed E-state index contributed by atoms with van der Waals surface area (Å²) >= 11 is 0. The van der Waals surface area contributed by atoms with E-state index in [2.05, 4.69) is 15.4 Å². The van der Waals surface area contributed by atoms with Gasteiger partial charge < -0.3 is 24.8 Å². The molecule has 2 rings (SSSR count). The highest BCUT2D eigenvalue weighted by atomic mass is 16.5. The normalized spacial score (nSPS) is 9.96. The van der Waals surface area contributed by atoms with Gasteiger partial charge in [0.1, 0.15) is 0 Å². The van der Waals surface area contributed by atoms with Gasteiger partial charge in [0.05, 0.1) is 25.9 Å². The van der Waals surface area contributed by atoms with Gasteiger partial charge in [0, 0.05) is 17.4 Å². The number of carbonyl (C=O) groups is 3. The lowest BCUT2D eigenvalue weighted by Crippen LogP contribution is -2.29. The molecule has 0 aliphatic rings. The average molecular weight is 386 g/mol. The topological polar surface area (TPSA) is 103 Å². The fraction of sp³-hybridized carbons (Fsp3) is 0.250. The van der Waals surface area contributed by atoms with Crippen LogP contribution in [0.5, 0.6) is 11.5 Å². The lowest BCUT2D eigenvalue weighted by Gasteiger charge is -2.13. The molecular formula is C20H22N2O6. The van der Waals surface area contributed by atoms with Gasteiger partial charge in [-0.1, -0.05) is 0 Å². The molecule has 0 heterocycles. The number of hydrogen-bond acceptors (Lipinski definition) is 6. The highest BCUT2D eigenvalue weighted by molar-refractivity contribution is 6.43. The summed E-state index contributed by atoms with van der Waals surface area (Å²) in [7, 11) is 1.28. The Labute approximate surface area is 162 Å². The van der Waals surface area contributed by atoms with Crippen LogP contribution in [0.25, 0.3) is 0 Å². The summed E-state index contributed by atoms with van der Waals surface area (Å²) < 4.78 is 15.6. The number of methoxy groups -OCH3 is 1. The van der Waals surface area contributed by atoms with E-state index < -0.39 is 17.8 Å². The molecular weight excluding hydrogens is 364 g/mol. The molecule has 0 bridgehead atoms. The smallest absolute Gasteiger partial charge is 0.337 e. The van der Waals surface area contributed by atoms with Gasteiger partial charge in [-0.05, 0) is 50.2 Å². The van der Waals surface area contributed by atoms with Crippen molar-refractivity contribution in [2.45, 2.75) is 13.8 Å². The van der Waals surface area contributed by atoms with Gasteiger partial charge in [0.2, 0.25) is 0 Å². The summed E-state index contributed by atoms with van der Waals surface area (Å²) in [6, 6.07) is 10.8. The molecule has 2 aromatic carbocycles. The van der Waals surface area contributed by atoms with Crippen LogP contribution in [0.15, 0.2) is 42.5 Å². The number of anilines is 2. The molecule has 0 aliphatic heterocycles. The van der Waals surface area contributed by atoms with Crippen LogP contribution in [0.2, 0.25) is 0 Å². The molecule has 2 N–H and O–H groups in total. The van der Waals surface area contributed by atoms with Crippen molar-refractivity contribution in [2.24, 2.45) is 0 Å². The summed E-state index contributed by atoms with van der Waals surface area (Å²) in [5, 5.41) is 4.97. The predicted octanol–water partition coefficient (Wildman–Crippen LogP) is 2.85. The highest BCUT2D eigenvalue weighted by Gasteiger charge is 2.16. The van der Waals surface area contributed by atoms with E-state index in [1.807, 2.05) is 13.8 Å². The third kappa shape index (κ3) is 5.47. The van der Waals surface area contributed by atoms with Gasteiger partial charge in [-0.15, -0.1) is 0 Å². The highest BCUT2D eigenvalue weighted by Crippen LogP contribution is 2.30. The Hall–Kier alpha value is -3.55. The molecule has 0 saturated carbocycles. The number of ether oxygens (including phenoxy) is 3. The fourth-order valence-corrected chi connectivity index (χ4v) is 2.31. The molecule has 2 aromatic rings. The molecule has 148 valence electrons. The van der Waals surface area contributed by atoms with E-state index in [4.69, 9.17) is 9.47 Å². The second-order valence-electron chi connectivity index (χ2n) is 5.50. The molecule has 28 heavy (non-hydrogen) atoms. The van der Waals surface area contributed by atoms with Crippen molar-refractivity contribution in [1.29, 1.82) is 0 Å². The zero-order valence-corrected chi connectivity index (χ0v) is 15.9. The first-order chi connectivity index (χ1) is 13.5. The summed E-state index contributed by atoms with van der Waals surface area (Å²) in [5.74, 6) is -1.16. The minimum atomic E-state index is -0.849. The number of rotatable bonds is 7. The summed E-state index contributed by atoms with van der Waals surface area (Å²) in [4.78, 5) is 35.7. The second kappa shape index (κ2) is 9.96. The van der Waals surface area contributed by atoms with Crippen molar-refractivity contribution in [3.63, 3.8) is 0 Å². The van der Waals surface area contributed by atoms with Crippen LogP contribution in [-0.4, -0.2) is 38.1 Å². The first-order valence-corrected chi connectivity index (χ1v) is 8.68. The lowest BCUT2D eigenvalue weighted by molar-refractivity contribution is -0.132. The molecule has 0 unspecified atom stereocenters. The van der Waals surface area contributed by atoms with E-state index in [9.17, 15) is 14.4 Å². The van der Waals surface area contributed by atoms with Gasteiger partial charge in [-0.2, -0.15) is 0 Å². The molecule has 0 fully saturated rings. The zero-order chi connectivity index (χ0) is 20.5. The quantitative estimate of drug-likeness (QED) is 0.560. The third-order valence-corrected chi connectivity index (χ3v) is 3.57. The lowest BCUT2D eigenvalue weighted by atomic mass is 10.2. The Morgan fingerprint density at radius 3 is 1.89 bits per heavy atom. The van der Waals surface area contributed by atoms with Crippen LogP contribution >= 0.6 is 0 Å². The zero-order valence-electron chi connectivity index (χ0n) is 15.9. The molecule has 0 saturated heterocycles. The number of amides is 2. The molecule has 0 aliphatic carbocycles. The van der Waals surface area contributed by atoms with Crippen LogP contribution in [0, 0.1) is 0 Å². The number of nitrogens with one attached hydrogen (secondary N) is 2. The largest absolute Gasteiger partial charge is 0.490 e. The molecule has 0 spiro atoms. The number of carbonyl (C=O) groups excluding carboxylic acids is 3. The third-order valence-electron chi connectivity index (χ3n) is 3.57. The number of benzene rings is 2. The number of esters is 1. The van der Waals surface area contributed by atoms with E-state index in [0.717, 1.165) is 0 Å². The Morgan fingerprint density at radius 2 is 1.32 bits per heavy atom. The van der Waals surface area contributed by atoms with Crippen molar-refractivity contribution < 1.29 is 28.6 Å². The summed E-state index contributed by atoms with van der Waals surface area (Å²) in [6.07, 6.45) is 0. The molecule has 0 atom stereocenters. The van der Waals surface area contributed by atoms with Gasteiger partial charge in [0.15, 0.2) is 11.5 Å². The first-order valence-electron chi connectivity index (χ1n) is 8.68. The second-order valence-corrected chi connectivity index (χ2v) is 5.50. The van der Waals surface area contributed by atoms with E-state index in [0.29, 0.717) is 41.7 Å². The summed E-state index contributed by atoms with van der Waals surface area (Å²) in [6.45, 7) is 4.59. The first kappa shape index (κ1) is 20.8. The molecule has 0 radical (unpaired) electrons. The van der Waals surface area contributed by atoms with Crippen LogP contribution in [0.4, 0.5) is 11.4 Å². The van der Waals surface area contributed by atoms with Crippen molar-refractivity contribution in [1.82, 2.24) is 0 Å². The maximum atomic E-state index is 12.1. The summed E-state index contributed by atoms with van der Waals surface area (Å²) in [5.41, 5.74) is 1.10. The van der Waals surface area contributed by atoms with E-state index in [1.54, 1.807) is 18.2 Å². The van der Waals surface area contributed by atoms with Crippen LogP contribution in [0.1, 0.15) is 24.2 Å². The minimum absolute atomic E-state index is 0.336. The Morgan fingerprint density at radius 1 is 0.786 bits per heavy atom. The van der Waals surface area contributed by atoms with Crippen LogP contribution < -0.4 is 20.1 Å². The number of hydrogen-bond donors (Lipinski definition) is 2. The van der Waals surface area contributed by atoms with Gasteiger partial charge in [-0.3, -0.25) is 9.59 Å². The molecule has 0 aromatic heterocycles. The van der Waals surface area contributed by atoms with Gasteiger partial charge in [0.25, 0.3) is 0 Å². The maximum absolute atomic E-state index is 12.1. The maximum Gasteiger partial charge on any atom is 0.337 e. The minimum Gasteiger partial charge on any atom is -0.490 e. The van der Waals surface area contributed by atoms with Crippen LogP contribution in [0.3, 0.4) is 0 Å².